The molecule has 0 saturated heterocycles. The Kier molecular flexibility index (Phi) is 16.9. The predicted molar refractivity (Wildman–Crippen MR) is 95.6 cm³/mol. The van der Waals surface area contributed by atoms with Crippen LogP contribution in [-0.2, 0) is 4.84 Å². The lowest BCUT2D eigenvalue weighted by Gasteiger charge is -2.08. The zero-order chi connectivity index (χ0) is 17.2. The third kappa shape index (κ3) is 19.1. The van der Waals surface area contributed by atoms with Gasteiger partial charge in [0, 0.05) is 0 Å². The van der Waals surface area contributed by atoms with Gasteiger partial charge < -0.3 is 5.73 Å². The summed E-state index contributed by atoms with van der Waals surface area (Å²) in [6.07, 6.45) is 19.5. The maximum Gasteiger partial charge on any atom is 0.296 e. The highest BCUT2D eigenvalue weighted by Crippen LogP contribution is 2.13. The summed E-state index contributed by atoms with van der Waals surface area (Å²) in [5.74, 6) is 0. The van der Waals surface area contributed by atoms with Crippen LogP contribution < -0.4 is 5.73 Å². The van der Waals surface area contributed by atoms with Crippen molar-refractivity contribution in [3.05, 3.63) is 10.1 Å². The molecule has 0 saturated carbocycles. The van der Waals surface area contributed by atoms with Gasteiger partial charge in [-0.25, -0.2) is 0 Å². The molecule has 0 spiro atoms. The van der Waals surface area contributed by atoms with Crippen LogP contribution in [0.5, 0.6) is 0 Å². The molecule has 138 valence electrons. The van der Waals surface area contributed by atoms with Crippen molar-refractivity contribution in [1.29, 1.82) is 0 Å². The van der Waals surface area contributed by atoms with Crippen LogP contribution in [0.1, 0.15) is 110 Å². The van der Waals surface area contributed by atoms with Gasteiger partial charge in [0.15, 0.2) is 6.23 Å². The monoisotopic (exact) mass is 330 g/mol. The Bertz CT molecular complexity index is 263. The molecule has 5 nitrogen and oxygen atoms in total. The number of hydrogen-bond donors (Lipinski definition) is 1. The summed E-state index contributed by atoms with van der Waals surface area (Å²) in [6.45, 7) is 2.26. The van der Waals surface area contributed by atoms with Crippen LogP contribution >= 0.6 is 0 Å². The Hall–Kier alpha value is -0.840. The predicted octanol–water partition coefficient (Wildman–Crippen LogP) is 5.74. The highest BCUT2D eigenvalue weighted by atomic mass is 17.0. The molecule has 0 heterocycles. The number of rotatable bonds is 18. The van der Waals surface area contributed by atoms with E-state index in [0.29, 0.717) is 6.42 Å². The van der Waals surface area contributed by atoms with Crippen molar-refractivity contribution in [2.75, 3.05) is 0 Å². The van der Waals surface area contributed by atoms with Crippen molar-refractivity contribution in [2.24, 2.45) is 5.73 Å². The number of nitrogens with two attached hydrogens (primary N) is 1. The Balaban J connectivity index is 3.06. The van der Waals surface area contributed by atoms with E-state index in [4.69, 9.17) is 5.73 Å². The van der Waals surface area contributed by atoms with Crippen LogP contribution in [0.15, 0.2) is 0 Å². The largest absolute Gasteiger partial charge is 0.306 e. The second kappa shape index (κ2) is 17.5. The van der Waals surface area contributed by atoms with Crippen molar-refractivity contribution >= 4 is 0 Å². The molecule has 0 aromatic carbocycles. The van der Waals surface area contributed by atoms with Crippen LogP contribution in [0.3, 0.4) is 0 Å². The topological polar surface area (TPSA) is 78.4 Å². The first kappa shape index (κ1) is 22.2. The van der Waals surface area contributed by atoms with Crippen molar-refractivity contribution in [2.45, 2.75) is 116 Å². The highest BCUT2D eigenvalue weighted by Gasteiger charge is 2.06. The average Bonchev–Trinajstić information content (AvgIpc) is 2.50. The van der Waals surface area contributed by atoms with Gasteiger partial charge in [-0.1, -0.05) is 96.8 Å². The lowest BCUT2D eigenvalue weighted by molar-refractivity contribution is -0.768. The molecule has 1 unspecified atom stereocenters. The first-order chi connectivity index (χ1) is 11.2. The lowest BCUT2D eigenvalue weighted by Crippen LogP contribution is -2.26. The minimum atomic E-state index is -0.810. The number of unbranched alkanes of at least 4 members (excludes halogenated alkanes) is 14. The third-order valence-corrected chi connectivity index (χ3v) is 4.31. The molecule has 23 heavy (non-hydrogen) atoms. The van der Waals surface area contributed by atoms with E-state index in [-0.39, 0.29) is 0 Å². The summed E-state index contributed by atoms with van der Waals surface area (Å²) in [5, 5.41) is 9.26. The summed E-state index contributed by atoms with van der Waals surface area (Å²) in [7, 11) is 0. The minimum Gasteiger partial charge on any atom is -0.306 e. The van der Waals surface area contributed by atoms with E-state index in [0.717, 1.165) is 12.8 Å². The summed E-state index contributed by atoms with van der Waals surface area (Å²) < 4.78 is 0. The Labute approximate surface area is 142 Å². The minimum absolute atomic E-state index is 0.569. The fraction of sp³-hybridized carbons (Fsp3) is 1.00. The second-order valence-corrected chi connectivity index (χ2v) is 6.61. The van der Waals surface area contributed by atoms with Crippen molar-refractivity contribution in [3.63, 3.8) is 0 Å². The zero-order valence-electron chi connectivity index (χ0n) is 15.1. The molecule has 0 amide bonds. The standard InChI is InChI=1S/C18H38N2O3/c1-2-3-4-5-6-7-8-9-10-11-12-13-14-15-16-17-18(19)23-20(21)22/h18H,2-17,19H2,1H3. The Morgan fingerprint density at radius 3 is 1.48 bits per heavy atom. The van der Waals surface area contributed by atoms with Crippen LogP contribution in [0.25, 0.3) is 0 Å². The Morgan fingerprint density at radius 2 is 1.13 bits per heavy atom. The van der Waals surface area contributed by atoms with Gasteiger partial charge in [-0.2, -0.15) is 0 Å². The van der Waals surface area contributed by atoms with Crippen LogP contribution in [-0.4, -0.2) is 11.3 Å². The fourth-order valence-electron chi connectivity index (χ4n) is 2.88. The first-order valence-electron chi connectivity index (χ1n) is 9.73. The van der Waals surface area contributed by atoms with Gasteiger partial charge in [0.2, 0.25) is 0 Å². The molecular weight excluding hydrogens is 292 g/mol. The SMILES string of the molecule is CCCCCCCCCCCCCCCCCC(N)O[N+](=O)[O-]. The third-order valence-electron chi connectivity index (χ3n) is 4.31. The van der Waals surface area contributed by atoms with E-state index >= 15 is 0 Å². The summed E-state index contributed by atoms with van der Waals surface area (Å²) in [6, 6.07) is 0. The van der Waals surface area contributed by atoms with Gasteiger partial charge in [0.25, 0.3) is 5.09 Å². The van der Waals surface area contributed by atoms with Gasteiger partial charge in [-0.05, 0) is 12.8 Å². The van der Waals surface area contributed by atoms with E-state index in [1.165, 1.54) is 83.5 Å². The molecule has 5 heteroatoms. The average molecular weight is 331 g/mol. The van der Waals surface area contributed by atoms with Gasteiger partial charge >= 0.3 is 0 Å². The fourth-order valence-corrected chi connectivity index (χ4v) is 2.88. The van der Waals surface area contributed by atoms with E-state index in [1.54, 1.807) is 0 Å². The van der Waals surface area contributed by atoms with E-state index in [2.05, 4.69) is 11.8 Å². The van der Waals surface area contributed by atoms with Gasteiger partial charge in [-0.3, -0.25) is 4.84 Å². The smallest absolute Gasteiger partial charge is 0.296 e. The lowest BCUT2D eigenvalue weighted by atomic mass is 10.0. The molecule has 2 N–H and O–H groups in total. The molecular formula is C18H38N2O3. The normalized spacial score (nSPS) is 12.3. The molecule has 0 rings (SSSR count). The maximum atomic E-state index is 10.1. The first-order valence-corrected chi connectivity index (χ1v) is 9.73. The Morgan fingerprint density at radius 1 is 0.783 bits per heavy atom. The second-order valence-electron chi connectivity index (χ2n) is 6.61. The molecule has 0 aliphatic rings. The van der Waals surface area contributed by atoms with Gasteiger partial charge in [0.05, 0.1) is 0 Å². The van der Waals surface area contributed by atoms with Gasteiger partial charge in [0.1, 0.15) is 0 Å². The van der Waals surface area contributed by atoms with Gasteiger partial charge in [-0.15, -0.1) is 10.1 Å². The van der Waals surface area contributed by atoms with E-state index < -0.39 is 11.3 Å². The molecule has 0 aliphatic heterocycles. The molecule has 0 aromatic heterocycles. The number of nitrogens with zero attached hydrogens (tertiary/aromatic N) is 1. The van der Waals surface area contributed by atoms with Crippen molar-refractivity contribution < 1.29 is 9.92 Å². The highest BCUT2D eigenvalue weighted by molar-refractivity contribution is 4.51. The molecule has 0 aromatic rings. The molecule has 1 atom stereocenters. The number of hydrogen-bond acceptors (Lipinski definition) is 4. The molecule has 0 bridgehead atoms. The van der Waals surface area contributed by atoms with E-state index in [1.807, 2.05) is 0 Å². The molecule has 0 radical (unpaired) electrons. The van der Waals surface area contributed by atoms with Crippen molar-refractivity contribution in [1.82, 2.24) is 0 Å². The zero-order valence-corrected chi connectivity index (χ0v) is 15.1. The van der Waals surface area contributed by atoms with Crippen molar-refractivity contribution in [3.8, 4) is 0 Å². The molecule has 0 fully saturated rings. The van der Waals surface area contributed by atoms with E-state index in [9.17, 15) is 10.1 Å². The summed E-state index contributed by atoms with van der Waals surface area (Å²) >= 11 is 0. The summed E-state index contributed by atoms with van der Waals surface area (Å²) in [4.78, 5) is 14.3. The maximum absolute atomic E-state index is 10.1. The molecule has 0 aliphatic carbocycles. The van der Waals surface area contributed by atoms with Crippen LogP contribution in [0.2, 0.25) is 0 Å². The van der Waals surface area contributed by atoms with Crippen LogP contribution in [0, 0.1) is 10.1 Å². The summed E-state index contributed by atoms with van der Waals surface area (Å²) in [5.41, 5.74) is 5.46. The van der Waals surface area contributed by atoms with Crippen LogP contribution in [0.4, 0.5) is 0 Å². The quantitative estimate of drug-likeness (QED) is 0.150.